The molecule has 1 aliphatic heterocycles. The lowest BCUT2D eigenvalue weighted by molar-refractivity contribution is 0.0796. The van der Waals surface area contributed by atoms with Crippen molar-refractivity contribution in [2.45, 2.75) is 55.7 Å². The zero-order valence-electron chi connectivity index (χ0n) is 17.4. The largest absolute Gasteiger partial charge is 0.506 e. The summed E-state index contributed by atoms with van der Waals surface area (Å²) >= 11 is 0. The van der Waals surface area contributed by atoms with Crippen LogP contribution >= 0.6 is 0 Å². The Morgan fingerprint density at radius 1 is 1.17 bits per heavy atom. The van der Waals surface area contributed by atoms with E-state index >= 15 is 0 Å². The van der Waals surface area contributed by atoms with Crippen LogP contribution in [0.15, 0.2) is 36.4 Å². The van der Waals surface area contributed by atoms with Crippen LogP contribution in [0.4, 0.5) is 11.4 Å². The van der Waals surface area contributed by atoms with Gasteiger partial charge in [0.05, 0.1) is 11.4 Å². The van der Waals surface area contributed by atoms with Crippen molar-refractivity contribution in [3.8, 4) is 5.75 Å². The highest BCUT2D eigenvalue weighted by molar-refractivity contribution is 7.89. The first kappa shape index (κ1) is 19.9. The normalized spacial score (nSPS) is 27.8. The van der Waals surface area contributed by atoms with Crippen molar-refractivity contribution in [2.24, 2.45) is 5.92 Å². The highest BCUT2D eigenvalue weighted by atomic mass is 32.2. The minimum absolute atomic E-state index is 0.0367. The van der Waals surface area contributed by atoms with Gasteiger partial charge in [0, 0.05) is 23.4 Å². The van der Waals surface area contributed by atoms with Gasteiger partial charge in [0.1, 0.15) is 5.75 Å². The third kappa shape index (κ3) is 3.50. The van der Waals surface area contributed by atoms with E-state index < -0.39 is 9.84 Å². The first-order chi connectivity index (χ1) is 14.3. The first-order valence-corrected chi connectivity index (χ1v) is 13.0. The number of phenolic OH excluding ortho intramolecular Hbond substituents is 1. The first-order valence-electron chi connectivity index (χ1n) is 11.0. The number of anilines is 2. The van der Waals surface area contributed by atoms with Gasteiger partial charge in [-0.3, -0.25) is 0 Å². The number of piperidine rings is 1. The van der Waals surface area contributed by atoms with E-state index in [9.17, 15) is 13.5 Å². The average molecular weight is 427 g/mol. The lowest BCUT2D eigenvalue weighted by Crippen LogP contribution is -2.59. The van der Waals surface area contributed by atoms with Crippen molar-refractivity contribution in [1.82, 2.24) is 5.32 Å². The topological polar surface area (TPSA) is 78.4 Å². The molecule has 0 radical (unpaired) electrons. The summed E-state index contributed by atoms with van der Waals surface area (Å²) in [7, 11) is -3.05. The summed E-state index contributed by atoms with van der Waals surface area (Å²) in [5.74, 6) is 1.02. The van der Waals surface area contributed by atoms with E-state index in [0.29, 0.717) is 23.4 Å². The quantitative estimate of drug-likeness (QED) is 0.644. The number of fused-ring (bicyclic) bond motifs is 1. The maximum atomic E-state index is 11.5. The number of aromatic hydroxyl groups is 1. The molecule has 0 unspecified atom stereocenters. The van der Waals surface area contributed by atoms with Crippen LogP contribution < -0.4 is 10.6 Å². The molecule has 2 fully saturated rings. The smallest absolute Gasteiger partial charge is 0.151 e. The number of rotatable bonds is 4. The second-order valence-corrected chi connectivity index (χ2v) is 11.6. The van der Waals surface area contributed by atoms with Gasteiger partial charge < -0.3 is 15.7 Å². The maximum Gasteiger partial charge on any atom is 0.151 e. The molecule has 0 aromatic heterocycles. The second kappa shape index (κ2) is 7.27. The van der Waals surface area contributed by atoms with E-state index in [4.69, 9.17) is 0 Å². The number of sulfone groups is 1. The van der Waals surface area contributed by atoms with E-state index in [0.717, 1.165) is 30.6 Å². The molecule has 5 nitrogen and oxygen atoms in total. The van der Waals surface area contributed by atoms with Gasteiger partial charge in [0.2, 0.25) is 0 Å². The van der Waals surface area contributed by atoms with Crippen molar-refractivity contribution in [3.63, 3.8) is 0 Å². The van der Waals surface area contributed by atoms with Crippen LogP contribution in [0.2, 0.25) is 0 Å². The second-order valence-electron chi connectivity index (χ2n) is 9.44. The van der Waals surface area contributed by atoms with E-state index in [1.54, 1.807) is 0 Å². The van der Waals surface area contributed by atoms with Gasteiger partial charge in [-0.25, -0.2) is 8.42 Å². The average Bonchev–Trinajstić information content (AvgIpc) is 2.70. The molecule has 1 saturated heterocycles. The number of hydrogen-bond donors (Lipinski definition) is 3. The Hall–Kier alpha value is -2.05. The Balaban J connectivity index is 1.44. The Bertz CT molecular complexity index is 1060. The Morgan fingerprint density at radius 2 is 1.97 bits per heavy atom. The van der Waals surface area contributed by atoms with E-state index in [1.807, 2.05) is 30.3 Å². The molecule has 30 heavy (non-hydrogen) atoms. The van der Waals surface area contributed by atoms with Gasteiger partial charge in [-0.1, -0.05) is 25.0 Å². The van der Waals surface area contributed by atoms with Crippen LogP contribution in [0.1, 0.15) is 48.8 Å². The van der Waals surface area contributed by atoms with Crippen LogP contribution in [0.25, 0.3) is 0 Å². The molecule has 3 aliphatic rings. The minimum atomic E-state index is -3.05. The summed E-state index contributed by atoms with van der Waals surface area (Å²) in [6.07, 6.45) is 8.54. The third-order valence-electron chi connectivity index (χ3n) is 7.42. The van der Waals surface area contributed by atoms with Gasteiger partial charge in [-0.15, -0.1) is 0 Å². The predicted molar refractivity (Wildman–Crippen MR) is 120 cm³/mol. The SMILES string of the molecule is CS(=O)(=O)Cc1ccc(Nc2cc3c(cc2O)[C@]24CCCC[C@@H]2[C@H](C3)NCC4)cc1. The monoisotopic (exact) mass is 426 g/mol. The lowest BCUT2D eigenvalue weighted by atomic mass is 9.53. The Kier molecular flexibility index (Phi) is 4.82. The zero-order valence-corrected chi connectivity index (χ0v) is 18.3. The van der Waals surface area contributed by atoms with Crippen LogP contribution in [-0.2, 0) is 27.4 Å². The fourth-order valence-electron chi connectivity index (χ4n) is 6.21. The van der Waals surface area contributed by atoms with Crippen LogP contribution in [-0.4, -0.2) is 32.4 Å². The maximum absolute atomic E-state index is 11.5. The number of phenols is 1. The molecule has 2 aromatic rings. The number of nitrogens with one attached hydrogen (secondary N) is 2. The summed E-state index contributed by atoms with van der Waals surface area (Å²) in [6, 6.07) is 12.1. The molecule has 3 atom stereocenters. The van der Waals surface area contributed by atoms with Gasteiger partial charge in [-0.05, 0) is 79.1 Å². The van der Waals surface area contributed by atoms with Gasteiger partial charge in [0.15, 0.2) is 9.84 Å². The fraction of sp³-hybridized carbons (Fsp3) is 0.500. The summed E-state index contributed by atoms with van der Waals surface area (Å²) < 4.78 is 23.0. The molecule has 5 rings (SSSR count). The molecule has 1 heterocycles. The van der Waals surface area contributed by atoms with Crippen molar-refractivity contribution in [1.29, 1.82) is 0 Å². The Labute approximate surface area is 178 Å². The van der Waals surface area contributed by atoms with Crippen molar-refractivity contribution in [3.05, 3.63) is 53.1 Å². The van der Waals surface area contributed by atoms with Crippen LogP contribution in [0.5, 0.6) is 5.75 Å². The molecule has 160 valence electrons. The molecule has 2 aromatic carbocycles. The van der Waals surface area contributed by atoms with Gasteiger partial charge in [0.25, 0.3) is 0 Å². The Morgan fingerprint density at radius 3 is 2.73 bits per heavy atom. The summed E-state index contributed by atoms with van der Waals surface area (Å²) in [5, 5.41) is 18.0. The molecule has 0 amide bonds. The molecule has 1 saturated carbocycles. The zero-order chi connectivity index (χ0) is 20.9. The van der Waals surface area contributed by atoms with E-state index in [1.165, 1.54) is 43.1 Å². The van der Waals surface area contributed by atoms with Crippen molar-refractivity contribution in [2.75, 3.05) is 18.1 Å². The molecular formula is C24H30N2O3S. The highest BCUT2D eigenvalue weighted by Gasteiger charge is 2.51. The fourth-order valence-corrected chi connectivity index (χ4v) is 7.01. The minimum Gasteiger partial charge on any atom is -0.506 e. The lowest BCUT2D eigenvalue weighted by Gasteiger charge is -2.56. The molecular weight excluding hydrogens is 396 g/mol. The third-order valence-corrected chi connectivity index (χ3v) is 8.28. The van der Waals surface area contributed by atoms with Gasteiger partial charge in [-0.2, -0.15) is 0 Å². The summed E-state index contributed by atoms with van der Waals surface area (Å²) in [5.41, 5.74) is 5.26. The standard InChI is InChI=1S/C24H30N2O3S/c1-30(28,29)15-16-5-7-18(8-6-16)26-22-13-17-12-21-19-4-2-3-9-24(19,10-11-25-21)20(17)14-23(22)27/h5-8,13-14,19,21,25-27H,2-4,9-12,15H2,1H3/t19-,21+,24+/m1/s1. The van der Waals surface area contributed by atoms with Crippen LogP contribution in [0.3, 0.4) is 0 Å². The highest BCUT2D eigenvalue weighted by Crippen LogP contribution is 2.55. The van der Waals surface area contributed by atoms with E-state index in [2.05, 4.69) is 16.7 Å². The number of hydrogen-bond acceptors (Lipinski definition) is 5. The molecule has 6 heteroatoms. The van der Waals surface area contributed by atoms with Crippen molar-refractivity contribution < 1.29 is 13.5 Å². The van der Waals surface area contributed by atoms with E-state index in [-0.39, 0.29) is 11.2 Å². The molecule has 2 aliphatic carbocycles. The van der Waals surface area contributed by atoms with Crippen LogP contribution in [0, 0.1) is 5.92 Å². The van der Waals surface area contributed by atoms with Gasteiger partial charge >= 0.3 is 0 Å². The van der Waals surface area contributed by atoms with Crippen molar-refractivity contribution >= 4 is 21.2 Å². The predicted octanol–water partition coefficient (Wildman–Crippen LogP) is 4.03. The summed E-state index contributed by atoms with van der Waals surface area (Å²) in [6.45, 7) is 1.07. The molecule has 2 bridgehead atoms. The molecule has 0 spiro atoms. The summed E-state index contributed by atoms with van der Waals surface area (Å²) in [4.78, 5) is 0. The number of benzene rings is 2. The molecule has 3 N–H and O–H groups in total.